The number of phenols is 1. The molecule has 1 amide bonds. The largest absolute Gasteiger partial charge is 0.506 e. The van der Waals surface area contributed by atoms with Gasteiger partial charge in [-0.3, -0.25) is 4.79 Å². The van der Waals surface area contributed by atoms with Crippen LogP contribution in [0.4, 0.5) is 11.5 Å². The Labute approximate surface area is 127 Å². The topological polar surface area (TPSA) is 98.0 Å². The van der Waals surface area contributed by atoms with Crippen LogP contribution in [0, 0.1) is 18.3 Å². The van der Waals surface area contributed by atoms with E-state index in [1.807, 2.05) is 13.0 Å². The van der Waals surface area contributed by atoms with Gasteiger partial charge in [-0.05, 0) is 36.8 Å². The Morgan fingerprint density at radius 3 is 2.82 bits per heavy atom. The lowest BCUT2D eigenvalue weighted by Gasteiger charge is -2.06. The molecule has 3 N–H and O–H groups in total. The van der Waals surface area contributed by atoms with Crippen molar-refractivity contribution < 1.29 is 9.90 Å². The molecule has 2 rings (SSSR count). The molecular weight excluding hydrogens is 280 g/mol. The highest BCUT2D eigenvalue weighted by atomic mass is 16.3. The summed E-state index contributed by atoms with van der Waals surface area (Å²) in [5, 5.41) is 24.0. The van der Waals surface area contributed by atoms with Gasteiger partial charge in [-0.1, -0.05) is 12.1 Å². The van der Waals surface area contributed by atoms with Gasteiger partial charge in [0.2, 0.25) is 0 Å². The highest BCUT2D eigenvalue weighted by Gasteiger charge is 2.11. The predicted octanol–water partition coefficient (Wildman–Crippen LogP) is 2.55. The first-order valence-corrected chi connectivity index (χ1v) is 6.49. The first kappa shape index (κ1) is 15.1. The van der Waals surface area contributed by atoms with Crippen molar-refractivity contribution in [1.29, 1.82) is 5.26 Å². The second-order valence-electron chi connectivity index (χ2n) is 4.50. The van der Waals surface area contributed by atoms with E-state index in [1.54, 1.807) is 30.5 Å². The maximum Gasteiger partial charge on any atom is 0.267 e. The Balaban J connectivity index is 2.11. The molecule has 0 aliphatic carbocycles. The third-order valence-corrected chi connectivity index (χ3v) is 2.80. The lowest BCUT2D eigenvalue weighted by Crippen LogP contribution is -2.14. The van der Waals surface area contributed by atoms with E-state index in [4.69, 9.17) is 5.26 Å². The number of benzene rings is 1. The fourth-order valence-electron chi connectivity index (χ4n) is 1.68. The van der Waals surface area contributed by atoms with Crippen LogP contribution in [0.3, 0.4) is 0 Å². The van der Waals surface area contributed by atoms with E-state index in [-0.39, 0.29) is 17.0 Å². The lowest BCUT2D eigenvalue weighted by molar-refractivity contribution is -0.112. The van der Waals surface area contributed by atoms with Gasteiger partial charge < -0.3 is 15.7 Å². The van der Waals surface area contributed by atoms with Crippen LogP contribution in [0.1, 0.15) is 5.56 Å². The summed E-state index contributed by atoms with van der Waals surface area (Å²) >= 11 is 0. The number of hydrogen-bond acceptors (Lipinski definition) is 5. The minimum absolute atomic E-state index is 0.0681. The highest BCUT2D eigenvalue weighted by molar-refractivity contribution is 6.07. The number of hydrogen-bond donors (Lipinski definition) is 3. The predicted molar refractivity (Wildman–Crippen MR) is 83.0 cm³/mol. The third kappa shape index (κ3) is 3.84. The molecule has 0 bridgehead atoms. The number of carbonyl (C=O) groups is 1. The molecule has 0 saturated carbocycles. The zero-order chi connectivity index (χ0) is 15.9. The van der Waals surface area contributed by atoms with Crippen LogP contribution in [0.25, 0.3) is 0 Å². The Kier molecular flexibility index (Phi) is 4.73. The molecule has 0 saturated heterocycles. The number of anilines is 2. The number of aromatic hydroxyl groups is 1. The number of aromatic nitrogens is 1. The maximum atomic E-state index is 12.0. The van der Waals surface area contributed by atoms with E-state index in [1.165, 1.54) is 18.3 Å². The van der Waals surface area contributed by atoms with Crippen molar-refractivity contribution in [1.82, 2.24) is 4.98 Å². The number of nitrogens with zero attached hydrogens (tertiary/aromatic N) is 2. The van der Waals surface area contributed by atoms with Crippen molar-refractivity contribution in [2.45, 2.75) is 6.92 Å². The number of nitriles is 1. The molecule has 0 aliphatic rings. The number of carbonyl (C=O) groups excluding carboxylic acids is 1. The van der Waals surface area contributed by atoms with Crippen molar-refractivity contribution >= 4 is 17.4 Å². The fourth-order valence-corrected chi connectivity index (χ4v) is 1.68. The second kappa shape index (κ2) is 6.90. The molecular formula is C16H14N4O2. The summed E-state index contributed by atoms with van der Waals surface area (Å²) in [5.41, 5.74) is 1.11. The normalized spacial score (nSPS) is 10.6. The van der Waals surface area contributed by atoms with E-state index >= 15 is 0 Å². The van der Waals surface area contributed by atoms with Crippen LogP contribution in [0.15, 0.2) is 54.4 Å². The number of nitrogens with one attached hydrogen (secondary N) is 2. The number of pyridine rings is 1. The summed E-state index contributed by atoms with van der Waals surface area (Å²) in [6.45, 7) is 1.91. The van der Waals surface area contributed by atoms with Crippen LogP contribution in [0.2, 0.25) is 0 Å². The van der Waals surface area contributed by atoms with Crippen LogP contribution >= 0.6 is 0 Å². The smallest absolute Gasteiger partial charge is 0.267 e. The average Bonchev–Trinajstić information content (AvgIpc) is 2.50. The number of rotatable bonds is 4. The van der Waals surface area contributed by atoms with Crippen molar-refractivity contribution in [3.05, 3.63) is 59.9 Å². The standard InChI is InChI=1S/C16H14N4O2/c1-11-6-7-18-15(8-11)19-10-12(9-17)16(22)20-13-4-2-3-5-14(13)21/h2-8,10,21H,1H3,(H,18,19)(H,20,22)/b12-10-. The molecule has 22 heavy (non-hydrogen) atoms. The fraction of sp³-hybridized carbons (Fsp3) is 0.0625. The van der Waals surface area contributed by atoms with E-state index in [9.17, 15) is 9.90 Å². The molecule has 1 aromatic heterocycles. The first-order valence-electron chi connectivity index (χ1n) is 6.49. The Morgan fingerprint density at radius 1 is 1.36 bits per heavy atom. The number of para-hydroxylation sites is 2. The Bertz CT molecular complexity index is 763. The Morgan fingerprint density at radius 2 is 2.14 bits per heavy atom. The summed E-state index contributed by atoms with van der Waals surface area (Å²) in [5.74, 6) is -0.159. The molecule has 0 spiro atoms. The first-order chi connectivity index (χ1) is 10.6. The van der Waals surface area contributed by atoms with Crippen LogP contribution in [-0.2, 0) is 4.79 Å². The van der Waals surface area contributed by atoms with Gasteiger partial charge in [0.15, 0.2) is 0 Å². The van der Waals surface area contributed by atoms with E-state index in [0.717, 1.165) is 5.56 Å². The van der Waals surface area contributed by atoms with E-state index in [0.29, 0.717) is 5.82 Å². The molecule has 0 fully saturated rings. The molecule has 6 nitrogen and oxygen atoms in total. The van der Waals surface area contributed by atoms with Gasteiger partial charge in [-0.25, -0.2) is 4.98 Å². The SMILES string of the molecule is Cc1ccnc(N/C=C(/C#N)C(=O)Nc2ccccc2O)c1. The van der Waals surface area contributed by atoms with Crippen molar-refractivity contribution in [3.63, 3.8) is 0 Å². The summed E-state index contributed by atoms with van der Waals surface area (Å²) in [4.78, 5) is 16.1. The molecule has 0 radical (unpaired) electrons. The minimum atomic E-state index is -0.621. The van der Waals surface area contributed by atoms with Crippen LogP contribution in [0.5, 0.6) is 5.75 Å². The van der Waals surface area contributed by atoms with Gasteiger partial charge in [0, 0.05) is 12.4 Å². The zero-order valence-electron chi connectivity index (χ0n) is 11.9. The van der Waals surface area contributed by atoms with E-state index < -0.39 is 5.91 Å². The minimum Gasteiger partial charge on any atom is -0.506 e. The van der Waals surface area contributed by atoms with Gasteiger partial charge in [0.05, 0.1) is 5.69 Å². The summed E-state index contributed by atoms with van der Waals surface area (Å²) in [6.07, 6.45) is 2.90. The number of aryl methyl sites for hydroxylation is 1. The Hall–Kier alpha value is -3.33. The molecule has 1 aromatic carbocycles. The van der Waals surface area contributed by atoms with Crippen LogP contribution in [-0.4, -0.2) is 16.0 Å². The second-order valence-corrected chi connectivity index (χ2v) is 4.50. The molecule has 6 heteroatoms. The average molecular weight is 294 g/mol. The number of amides is 1. The van der Waals surface area contributed by atoms with Gasteiger partial charge in [0.25, 0.3) is 5.91 Å². The summed E-state index contributed by atoms with van der Waals surface area (Å²) < 4.78 is 0. The quantitative estimate of drug-likeness (QED) is 0.457. The molecule has 110 valence electrons. The zero-order valence-corrected chi connectivity index (χ0v) is 11.9. The molecule has 2 aromatic rings. The molecule has 1 heterocycles. The van der Waals surface area contributed by atoms with Crippen molar-refractivity contribution in [2.75, 3.05) is 10.6 Å². The summed E-state index contributed by atoms with van der Waals surface area (Å²) in [6, 6.07) is 11.7. The maximum absolute atomic E-state index is 12.0. The van der Waals surface area contributed by atoms with Crippen LogP contribution < -0.4 is 10.6 Å². The highest BCUT2D eigenvalue weighted by Crippen LogP contribution is 2.21. The van der Waals surface area contributed by atoms with E-state index in [2.05, 4.69) is 15.6 Å². The molecule has 0 aliphatic heterocycles. The van der Waals surface area contributed by atoms with Crippen molar-refractivity contribution in [2.24, 2.45) is 0 Å². The third-order valence-electron chi connectivity index (χ3n) is 2.80. The van der Waals surface area contributed by atoms with Gasteiger partial charge in [-0.2, -0.15) is 5.26 Å². The summed E-state index contributed by atoms with van der Waals surface area (Å²) in [7, 11) is 0. The lowest BCUT2D eigenvalue weighted by atomic mass is 10.2. The monoisotopic (exact) mass is 294 g/mol. The molecule has 0 unspecified atom stereocenters. The van der Waals surface area contributed by atoms with Gasteiger partial charge in [0.1, 0.15) is 23.2 Å². The van der Waals surface area contributed by atoms with Gasteiger partial charge in [-0.15, -0.1) is 0 Å². The van der Waals surface area contributed by atoms with Crippen molar-refractivity contribution in [3.8, 4) is 11.8 Å². The molecule has 0 atom stereocenters. The van der Waals surface area contributed by atoms with Gasteiger partial charge >= 0.3 is 0 Å². The number of phenolic OH excluding ortho intramolecular Hbond substituents is 1.